The molecule has 0 aromatic carbocycles. The van der Waals surface area contributed by atoms with Crippen molar-refractivity contribution in [2.45, 2.75) is 32.1 Å². The fourth-order valence-electron chi connectivity index (χ4n) is 1.74. The molecule has 0 aromatic heterocycles. The zero-order valence-corrected chi connectivity index (χ0v) is 8.12. The number of carbonyl (C=O) groups is 1. The van der Waals surface area contributed by atoms with Gasteiger partial charge >= 0.3 is 6.03 Å². The minimum Gasteiger partial charge on any atom is -0.274 e. The maximum absolute atomic E-state index is 11.0. The van der Waals surface area contributed by atoms with Gasteiger partial charge in [0.2, 0.25) is 0 Å². The Balaban J connectivity index is 2.67. The van der Waals surface area contributed by atoms with E-state index in [0.717, 1.165) is 31.4 Å². The number of hydrazine groups is 1. The third-order valence-corrected chi connectivity index (χ3v) is 2.44. The molecular weight excluding hydrogens is 178 g/mol. The van der Waals surface area contributed by atoms with Crippen LogP contribution in [0.5, 0.6) is 0 Å². The Bertz CT molecular complexity index is 278. The molecule has 0 spiro atoms. The molecule has 76 valence electrons. The summed E-state index contributed by atoms with van der Waals surface area (Å²) in [5.74, 6) is 7.85. The normalized spacial score (nSPS) is 24.3. The molecule has 1 aliphatic carbocycles. The highest BCUT2D eigenvalue weighted by molar-refractivity contribution is 5.96. The first-order chi connectivity index (χ1) is 6.77. The summed E-state index contributed by atoms with van der Waals surface area (Å²) < 4.78 is 0. The molecular formula is C10H15N3O. The number of rotatable bonds is 1. The van der Waals surface area contributed by atoms with E-state index in [2.05, 4.69) is 10.9 Å². The van der Waals surface area contributed by atoms with Gasteiger partial charge in [0, 0.05) is 18.1 Å². The molecule has 1 fully saturated rings. The van der Waals surface area contributed by atoms with Gasteiger partial charge in [-0.25, -0.2) is 15.6 Å². The van der Waals surface area contributed by atoms with Gasteiger partial charge in [-0.05, 0) is 19.3 Å². The molecule has 0 unspecified atom stereocenters. The number of hydrogen-bond acceptors (Lipinski definition) is 2. The summed E-state index contributed by atoms with van der Waals surface area (Å²) in [5, 5.41) is 0. The monoisotopic (exact) mass is 193 g/mol. The van der Waals surface area contributed by atoms with Gasteiger partial charge in [-0.2, -0.15) is 0 Å². The number of aliphatic imine (C=N–C) groups is 1. The molecule has 4 nitrogen and oxygen atoms in total. The van der Waals surface area contributed by atoms with Gasteiger partial charge in [0.05, 0.1) is 0 Å². The van der Waals surface area contributed by atoms with Crippen LogP contribution in [-0.2, 0) is 0 Å². The molecule has 3 N–H and O–H groups in total. The number of nitrogens with zero attached hydrogens (tertiary/aromatic N) is 1. The molecule has 0 saturated heterocycles. The zero-order chi connectivity index (χ0) is 10.4. The van der Waals surface area contributed by atoms with Crippen LogP contribution in [0.15, 0.2) is 4.99 Å². The molecule has 0 aromatic rings. The summed E-state index contributed by atoms with van der Waals surface area (Å²) in [4.78, 5) is 14.9. The summed E-state index contributed by atoms with van der Waals surface area (Å²) in [5.41, 5.74) is 2.90. The van der Waals surface area contributed by atoms with Gasteiger partial charge in [-0.15, -0.1) is 12.3 Å². The number of amides is 2. The topological polar surface area (TPSA) is 67.5 Å². The lowest BCUT2D eigenvalue weighted by Crippen LogP contribution is -2.30. The third kappa shape index (κ3) is 2.86. The molecule has 1 atom stereocenters. The van der Waals surface area contributed by atoms with Crippen molar-refractivity contribution in [3.63, 3.8) is 0 Å². The van der Waals surface area contributed by atoms with Gasteiger partial charge in [0.25, 0.3) is 0 Å². The second kappa shape index (κ2) is 5.40. The summed E-state index contributed by atoms with van der Waals surface area (Å²) in [7, 11) is 0. The van der Waals surface area contributed by atoms with Crippen molar-refractivity contribution in [1.82, 2.24) is 5.43 Å². The minimum atomic E-state index is -0.482. The van der Waals surface area contributed by atoms with Crippen LogP contribution < -0.4 is 11.3 Å². The number of nitrogens with one attached hydrogen (secondary N) is 1. The predicted molar refractivity (Wildman–Crippen MR) is 55.6 cm³/mol. The van der Waals surface area contributed by atoms with E-state index in [-0.39, 0.29) is 5.92 Å². The van der Waals surface area contributed by atoms with Crippen LogP contribution in [0.1, 0.15) is 32.1 Å². The van der Waals surface area contributed by atoms with Crippen LogP contribution in [-0.4, -0.2) is 11.7 Å². The van der Waals surface area contributed by atoms with E-state index in [1.165, 1.54) is 0 Å². The summed E-state index contributed by atoms with van der Waals surface area (Å²) in [6.07, 6.45) is 10.1. The Morgan fingerprint density at radius 2 is 2.50 bits per heavy atom. The fourth-order valence-corrected chi connectivity index (χ4v) is 1.74. The zero-order valence-electron chi connectivity index (χ0n) is 8.12. The molecule has 1 rings (SSSR count). The molecule has 0 bridgehead atoms. The average Bonchev–Trinajstić information content (AvgIpc) is 2.21. The van der Waals surface area contributed by atoms with Gasteiger partial charge < -0.3 is 0 Å². The molecule has 1 saturated carbocycles. The van der Waals surface area contributed by atoms with Crippen molar-refractivity contribution in [1.29, 1.82) is 0 Å². The maximum Gasteiger partial charge on any atom is 0.354 e. The summed E-state index contributed by atoms with van der Waals surface area (Å²) >= 11 is 0. The van der Waals surface area contributed by atoms with Crippen LogP contribution in [0.3, 0.4) is 0 Å². The molecule has 4 heteroatoms. The molecule has 2 amide bonds. The van der Waals surface area contributed by atoms with E-state index in [1.807, 2.05) is 5.43 Å². The SMILES string of the molecule is C#CC[C@H]1CCCCC1=NC(=O)NN. The van der Waals surface area contributed by atoms with Crippen LogP contribution in [0.4, 0.5) is 4.79 Å². The van der Waals surface area contributed by atoms with Gasteiger partial charge in [0.1, 0.15) is 0 Å². The second-order valence-electron chi connectivity index (χ2n) is 3.40. The standard InChI is InChI=1S/C10H15N3O/c1-2-5-8-6-3-4-7-9(8)12-10(14)13-11/h1,8H,3-7,11H2,(H,13,14)/t8-/m0/s1. The van der Waals surface area contributed by atoms with Crippen LogP contribution in [0.25, 0.3) is 0 Å². The van der Waals surface area contributed by atoms with Gasteiger partial charge in [-0.1, -0.05) is 6.42 Å². The fraction of sp³-hybridized carbons (Fsp3) is 0.600. The number of hydrogen-bond donors (Lipinski definition) is 2. The lowest BCUT2D eigenvalue weighted by Gasteiger charge is -2.21. The van der Waals surface area contributed by atoms with E-state index in [4.69, 9.17) is 12.3 Å². The molecule has 1 aliphatic rings. The quantitative estimate of drug-likeness (QED) is 0.284. The van der Waals surface area contributed by atoms with Gasteiger partial charge in [0.15, 0.2) is 0 Å². The lowest BCUT2D eigenvalue weighted by molar-refractivity contribution is 0.249. The Hall–Kier alpha value is -1.34. The smallest absolute Gasteiger partial charge is 0.274 e. The van der Waals surface area contributed by atoms with Crippen LogP contribution in [0.2, 0.25) is 0 Å². The van der Waals surface area contributed by atoms with Gasteiger partial charge in [-0.3, -0.25) is 5.43 Å². The van der Waals surface area contributed by atoms with E-state index in [0.29, 0.717) is 6.42 Å². The van der Waals surface area contributed by atoms with Crippen LogP contribution >= 0.6 is 0 Å². The molecule has 0 heterocycles. The number of urea groups is 1. The largest absolute Gasteiger partial charge is 0.354 e. The Kier molecular flexibility index (Phi) is 4.14. The maximum atomic E-state index is 11.0. The van der Waals surface area contributed by atoms with Crippen molar-refractivity contribution < 1.29 is 4.79 Å². The third-order valence-electron chi connectivity index (χ3n) is 2.44. The highest BCUT2D eigenvalue weighted by Gasteiger charge is 2.20. The van der Waals surface area contributed by atoms with Crippen molar-refractivity contribution in [3.8, 4) is 12.3 Å². The van der Waals surface area contributed by atoms with E-state index in [1.54, 1.807) is 0 Å². The van der Waals surface area contributed by atoms with E-state index >= 15 is 0 Å². The summed E-state index contributed by atoms with van der Waals surface area (Å²) in [6, 6.07) is -0.482. The van der Waals surface area contributed by atoms with Crippen molar-refractivity contribution in [2.24, 2.45) is 16.8 Å². The van der Waals surface area contributed by atoms with Crippen molar-refractivity contribution in [3.05, 3.63) is 0 Å². The Labute approximate surface area is 83.9 Å². The van der Waals surface area contributed by atoms with Crippen LogP contribution in [0, 0.1) is 18.3 Å². The second-order valence-corrected chi connectivity index (χ2v) is 3.40. The Morgan fingerprint density at radius 3 is 3.14 bits per heavy atom. The van der Waals surface area contributed by atoms with E-state index < -0.39 is 6.03 Å². The highest BCUT2D eigenvalue weighted by Crippen LogP contribution is 2.24. The first-order valence-electron chi connectivity index (χ1n) is 4.79. The Morgan fingerprint density at radius 1 is 1.71 bits per heavy atom. The number of terminal acetylenes is 1. The summed E-state index contributed by atoms with van der Waals surface area (Å²) in [6.45, 7) is 0. The number of nitrogens with two attached hydrogens (primary N) is 1. The minimum absolute atomic E-state index is 0.269. The molecule has 0 aliphatic heterocycles. The average molecular weight is 193 g/mol. The highest BCUT2D eigenvalue weighted by atomic mass is 16.2. The molecule has 14 heavy (non-hydrogen) atoms. The van der Waals surface area contributed by atoms with E-state index in [9.17, 15) is 4.79 Å². The lowest BCUT2D eigenvalue weighted by atomic mass is 9.85. The van der Waals surface area contributed by atoms with Crippen molar-refractivity contribution >= 4 is 11.7 Å². The number of carbonyl (C=O) groups excluding carboxylic acids is 1. The first-order valence-corrected chi connectivity index (χ1v) is 4.79. The predicted octanol–water partition coefficient (Wildman–Crippen LogP) is 1.22. The first kappa shape index (κ1) is 10.7. The molecule has 0 radical (unpaired) electrons. The van der Waals surface area contributed by atoms with Crippen molar-refractivity contribution in [2.75, 3.05) is 0 Å².